The van der Waals surface area contributed by atoms with Crippen LogP contribution in [0, 0.1) is 0 Å². The highest BCUT2D eigenvalue weighted by atomic mass is 15.6. The zero-order chi connectivity index (χ0) is 17.5. The fourth-order valence-electron chi connectivity index (χ4n) is 4.34. The van der Waals surface area contributed by atoms with Gasteiger partial charge in [0.15, 0.2) is 6.29 Å². The van der Waals surface area contributed by atoms with Crippen LogP contribution in [0.1, 0.15) is 6.29 Å². The Morgan fingerprint density at radius 1 is 0.704 bits per heavy atom. The summed E-state index contributed by atoms with van der Waals surface area (Å²) in [6, 6.07) is 24.9. The topological polar surface area (TPSA) is 50.9 Å². The summed E-state index contributed by atoms with van der Waals surface area (Å²) in [6.07, 6.45) is -0.0888. The third-order valence-corrected chi connectivity index (χ3v) is 5.47. The van der Waals surface area contributed by atoms with Gasteiger partial charge in [0.25, 0.3) is 0 Å². The number of imidazole rings is 2. The van der Waals surface area contributed by atoms with E-state index in [9.17, 15) is 0 Å². The molecule has 2 aliphatic heterocycles. The molecule has 1 atom stereocenters. The van der Waals surface area contributed by atoms with Crippen LogP contribution in [-0.4, -0.2) is 19.1 Å². The van der Waals surface area contributed by atoms with Crippen molar-refractivity contribution in [3.05, 3.63) is 72.8 Å². The molecule has 128 valence electrons. The number of benzene rings is 3. The molecule has 27 heavy (non-hydrogen) atoms. The molecule has 6 heteroatoms. The summed E-state index contributed by atoms with van der Waals surface area (Å²) in [5, 5.41) is 3.65. The maximum atomic E-state index is 4.96. The third-order valence-electron chi connectivity index (χ3n) is 5.47. The molecule has 7 rings (SSSR count). The van der Waals surface area contributed by atoms with Gasteiger partial charge in [-0.05, 0) is 36.4 Å². The molecule has 1 N–H and O–H groups in total. The van der Waals surface area contributed by atoms with E-state index in [1.165, 1.54) is 0 Å². The van der Waals surface area contributed by atoms with Gasteiger partial charge in [-0.1, -0.05) is 36.4 Å². The van der Waals surface area contributed by atoms with Gasteiger partial charge in [-0.3, -0.25) is 9.47 Å². The second kappa shape index (κ2) is 4.48. The van der Waals surface area contributed by atoms with Crippen molar-refractivity contribution in [1.29, 1.82) is 0 Å². The highest BCUT2D eigenvalue weighted by Gasteiger charge is 2.41. The predicted octanol–water partition coefficient (Wildman–Crippen LogP) is 4.41. The van der Waals surface area contributed by atoms with Crippen molar-refractivity contribution >= 4 is 39.4 Å². The van der Waals surface area contributed by atoms with Crippen LogP contribution in [0.15, 0.2) is 72.8 Å². The van der Waals surface area contributed by atoms with E-state index >= 15 is 0 Å². The van der Waals surface area contributed by atoms with E-state index in [2.05, 4.69) is 73.9 Å². The van der Waals surface area contributed by atoms with Gasteiger partial charge >= 0.3 is 0 Å². The quantitative estimate of drug-likeness (QED) is 0.449. The Balaban J connectivity index is 1.67. The van der Waals surface area contributed by atoms with Crippen LogP contribution in [0.5, 0.6) is 0 Å². The molecule has 5 aromatic rings. The Labute approximate surface area is 154 Å². The molecule has 3 aromatic carbocycles. The summed E-state index contributed by atoms with van der Waals surface area (Å²) in [7, 11) is 0. The van der Waals surface area contributed by atoms with Gasteiger partial charge in [-0.25, -0.2) is 14.5 Å². The maximum absolute atomic E-state index is 4.96. The Morgan fingerprint density at radius 2 is 1.37 bits per heavy atom. The molecular formula is C21H14N6. The first-order valence-corrected chi connectivity index (χ1v) is 9.00. The lowest BCUT2D eigenvalue weighted by Crippen LogP contribution is -2.36. The first-order chi connectivity index (χ1) is 13.4. The molecule has 0 spiro atoms. The molecule has 0 amide bonds. The first kappa shape index (κ1) is 13.4. The van der Waals surface area contributed by atoms with Crippen molar-refractivity contribution < 1.29 is 0 Å². The fourth-order valence-corrected chi connectivity index (χ4v) is 4.34. The van der Waals surface area contributed by atoms with Gasteiger partial charge < -0.3 is 5.32 Å². The van der Waals surface area contributed by atoms with E-state index in [1.54, 1.807) is 0 Å². The molecule has 2 aliphatic rings. The number of hydrogen-bond acceptors (Lipinski definition) is 4. The molecule has 0 radical (unpaired) electrons. The van der Waals surface area contributed by atoms with E-state index in [0.29, 0.717) is 0 Å². The summed E-state index contributed by atoms with van der Waals surface area (Å²) in [4.78, 5) is 12.2. The average Bonchev–Trinajstić information content (AvgIpc) is 3.38. The van der Waals surface area contributed by atoms with Gasteiger partial charge in [-0.15, -0.1) is 0 Å². The molecule has 4 heterocycles. The molecule has 1 unspecified atom stereocenters. The van der Waals surface area contributed by atoms with Crippen molar-refractivity contribution in [2.75, 3.05) is 10.2 Å². The van der Waals surface area contributed by atoms with Crippen molar-refractivity contribution in [2.24, 2.45) is 0 Å². The van der Waals surface area contributed by atoms with Gasteiger partial charge in [0.1, 0.15) is 0 Å². The highest BCUT2D eigenvalue weighted by molar-refractivity contribution is 5.90. The van der Waals surface area contributed by atoms with E-state index < -0.39 is 0 Å². The van der Waals surface area contributed by atoms with Crippen LogP contribution in [0.3, 0.4) is 0 Å². The third kappa shape index (κ3) is 1.52. The predicted molar refractivity (Wildman–Crippen MR) is 106 cm³/mol. The number of para-hydroxylation sites is 6. The molecule has 0 aliphatic carbocycles. The number of anilines is 3. The van der Waals surface area contributed by atoms with Gasteiger partial charge in [-0.2, -0.15) is 0 Å². The van der Waals surface area contributed by atoms with Crippen LogP contribution < -0.4 is 10.2 Å². The molecule has 6 nitrogen and oxygen atoms in total. The van der Waals surface area contributed by atoms with Crippen LogP contribution >= 0.6 is 0 Å². The lowest BCUT2D eigenvalue weighted by molar-refractivity contribution is 0.552. The molecule has 0 fully saturated rings. The number of aromatic nitrogens is 4. The monoisotopic (exact) mass is 350 g/mol. The Morgan fingerprint density at radius 3 is 2.26 bits per heavy atom. The van der Waals surface area contributed by atoms with E-state index in [-0.39, 0.29) is 6.29 Å². The molecule has 2 aromatic heterocycles. The Bertz CT molecular complexity index is 1380. The van der Waals surface area contributed by atoms with Crippen LogP contribution in [-0.2, 0) is 0 Å². The van der Waals surface area contributed by atoms with Gasteiger partial charge in [0.2, 0.25) is 11.9 Å². The van der Waals surface area contributed by atoms with E-state index in [4.69, 9.17) is 9.97 Å². The zero-order valence-electron chi connectivity index (χ0n) is 14.2. The van der Waals surface area contributed by atoms with Gasteiger partial charge in [0, 0.05) is 0 Å². The normalized spacial score (nSPS) is 16.7. The largest absolute Gasteiger partial charge is 0.346 e. The minimum absolute atomic E-state index is 0.0888. The minimum Gasteiger partial charge on any atom is -0.346 e. The first-order valence-electron chi connectivity index (χ1n) is 9.00. The summed E-state index contributed by atoms with van der Waals surface area (Å²) in [5.41, 5.74) is 6.35. The summed E-state index contributed by atoms with van der Waals surface area (Å²) in [6.45, 7) is 0. The second-order valence-electron chi connectivity index (χ2n) is 6.91. The maximum Gasteiger partial charge on any atom is 0.221 e. The SMILES string of the molecule is c1ccc2c(c1)NC1N2c2nc3ccccc3n2-c2nc3ccccc3n21. The molecule has 0 bridgehead atoms. The van der Waals surface area contributed by atoms with Crippen molar-refractivity contribution in [3.63, 3.8) is 0 Å². The van der Waals surface area contributed by atoms with Crippen molar-refractivity contribution in [3.8, 4) is 5.95 Å². The van der Waals surface area contributed by atoms with Crippen LogP contribution in [0.4, 0.5) is 17.3 Å². The highest BCUT2D eigenvalue weighted by Crippen LogP contribution is 2.49. The lowest BCUT2D eigenvalue weighted by Gasteiger charge is -2.33. The summed E-state index contributed by atoms with van der Waals surface area (Å²) >= 11 is 0. The Kier molecular flexibility index (Phi) is 2.22. The second-order valence-corrected chi connectivity index (χ2v) is 6.91. The minimum atomic E-state index is -0.0888. The lowest BCUT2D eigenvalue weighted by atomic mass is 10.3. The van der Waals surface area contributed by atoms with Crippen LogP contribution in [0.25, 0.3) is 28.0 Å². The summed E-state index contributed by atoms with van der Waals surface area (Å²) in [5.74, 6) is 1.78. The average molecular weight is 350 g/mol. The van der Waals surface area contributed by atoms with Crippen molar-refractivity contribution in [1.82, 2.24) is 19.1 Å². The molecule has 0 saturated heterocycles. The summed E-state index contributed by atoms with van der Waals surface area (Å²) < 4.78 is 4.42. The zero-order valence-corrected chi connectivity index (χ0v) is 14.2. The number of fused-ring (bicyclic) bond motifs is 12. The smallest absolute Gasteiger partial charge is 0.221 e. The number of rotatable bonds is 0. The standard InChI is InChI=1S/C21H14N6/c1-4-10-16-13(7-1)22-19-25(16)20-23-15-9-3-6-12-18(15)27(20)21-24-14-8-2-5-11-17(14)26(19)21/h1-12,19,22H. The Hall–Kier alpha value is -3.80. The number of nitrogens with one attached hydrogen (secondary N) is 1. The van der Waals surface area contributed by atoms with Gasteiger partial charge in [0.05, 0.1) is 33.4 Å². The van der Waals surface area contributed by atoms with Crippen molar-refractivity contribution in [2.45, 2.75) is 6.29 Å². The van der Waals surface area contributed by atoms with Crippen LogP contribution in [0.2, 0.25) is 0 Å². The molecular weight excluding hydrogens is 336 g/mol. The van der Waals surface area contributed by atoms with E-state index in [1.807, 2.05) is 18.2 Å². The van der Waals surface area contributed by atoms with E-state index in [0.717, 1.165) is 45.3 Å². The number of hydrogen-bond donors (Lipinski definition) is 1. The number of nitrogens with zero attached hydrogens (tertiary/aromatic N) is 5. The molecule has 0 saturated carbocycles. The fraction of sp³-hybridized carbons (Fsp3) is 0.0476.